The first-order chi connectivity index (χ1) is 9.61. The molecule has 0 spiro atoms. The number of carbonyl (C=O) groups is 2. The molecule has 0 amide bonds. The zero-order valence-corrected chi connectivity index (χ0v) is 11.6. The smallest absolute Gasteiger partial charge is 0.330 e. The molecule has 1 aromatic carbocycles. The summed E-state index contributed by atoms with van der Waals surface area (Å²) in [7, 11) is 0. The van der Waals surface area contributed by atoms with Gasteiger partial charge in [-0.1, -0.05) is 37.3 Å². The molecule has 0 aliphatic carbocycles. The van der Waals surface area contributed by atoms with Crippen molar-refractivity contribution in [2.45, 2.75) is 38.9 Å². The highest BCUT2D eigenvalue weighted by Gasteiger charge is 2.05. The van der Waals surface area contributed by atoms with Crippen LogP contribution in [0.3, 0.4) is 0 Å². The van der Waals surface area contributed by atoms with Gasteiger partial charge in [-0.3, -0.25) is 4.79 Å². The molecule has 1 aromatic rings. The molecule has 4 nitrogen and oxygen atoms in total. The molecule has 1 N–H and O–H groups in total. The van der Waals surface area contributed by atoms with Crippen molar-refractivity contribution in [3.05, 3.63) is 48.0 Å². The van der Waals surface area contributed by atoms with Crippen LogP contribution in [-0.4, -0.2) is 23.0 Å². The maximum Gasteiger partial charge on any atom is 0.330 e. The van der Waals surface area contributed by atoms with Gasteiger partial charge in [-0.25, -0.2) is 4.79 Å². The first-order valence-corrected chi connectivity index (χ1v) is 6.70. The summed E-state index contributed by atoms with van der Waals surface area (Å²) in [5.41, 5.74) is 0.906. The van der Waals surface area contributed by atoms with Crippen LogP contribution >= 0.6 is 0 Å². The van der Waals surface area contributed by atoms with Crippen LogP contribution in [0.25, 0.3) is 0 Å². The third-order valence-electron chi connectivity index (χ3n) is 2.79. The van der Waals surface area contributed by atoms with Gasteiger partial charge >= 0.3 is 5.97 Å². The monoisotopic (exact) mass is 276 g/mol. The molecule has 0 saturated heterocycles. The van der Waals surface area contributed by atoms with Crippen molar-refractivity contribution in [3.8, 4) is 0 Å². The van der Waals surface area contributed by atoms with Crippen molar-refractivity contribution >= 4 is 11.8 Å². The Labute approximate surface area is 119 Å². The van der Waals surface area contributed by atoms with E-state index in [0.717, 1.165) is 5.56 Å². The molecular formula is C16H20O4. The van der Waals surface area contributed by atoms with Gasteiger partial charge in [0.15, 0.2) is 0 Å². The highest BCUT2D eigenvalue weighted by molar-refractivity contribution is 5.82. The first kappa shape index (κ1) is 16.1. The molecule has 1 atom stereocenters. The molecule has 108 valence electrons. The Morgan fingerprint density at radius 2 is 2.00 bits per heavy atom. The summed E-state index contributed by atoms with van der Waals surface area (Å²) >= 11 is 0. The van der Waals surface area contributed by atoms with E-state index in [9.17, 15) is 14.7 Å². The molecular weight excluding hydrogens is 256 g/mol. The van der Waals surface area contributed by atoms with E-state index in [1.165, 1.54) is 12.2 Å². The van der Waals surface area contributed by atoms with E-state index in [1.54, 1.807) is 6.92 Å². The number of benzene rings is 1. The largest absolute Gasteiger partial charge is 0.458 e. The Morgan fingerprint density at radius 1 is 1.30 bits per heavy atom. The van der Waals surface area contributed by atoms with Gasteiger partial charge in [0.25, 0.3) is 0 Å². The number of hydrogen-bond donors (Lipinski definition) is 1. The van der Waals surface area contributed by atoms with Crippen molar-refractivity contribution in [3.63, 3.8) is 0 Å². The highest BCUT2D eigenvalue weighted by Crippen LogP contribution is 2.03. The van der Waals surface area contributed by atoms with Crippen molar-refractivity contribution in [2.75, 3.05) is 0 Å². The van der Waals surface area contributed by atoms with Gasteiger partial charge in [-0.15, -0.1) is 0 Å². The molecule has 1 unspecified atom stereocenters. The molecule has 0 saturated carbocycles. The third kappa shape index (κ3) is 6.85. The summed E-state index contributed by atoms with van der Waals surface area (Å²) in [6, 6.07) is 9.35. The van der Waals surface area contributed by atoms with E-state index in [1.807, 2.05) is 30.3 Å². The Kier molecular flexibility index (Phi) is 7.29. The van der Waals surface area contributed by atoms with Crippen LogP contribution in [-0.2, 0) is 20.9 Å². The molecule has 0 aromatic heterocycles. The summed E-state index contributed by atoms with van der Waals surface area (Å²) in [5.74, 6) is -0.404. The van der Waals surface area contributed by atoms with Crippen LogP contribution in [0.15, 0.2) is 42.5 Å². The van der Waals surface area contributed by atoms with E-state index >= 15 is 0 Å². The standard InChI is InChI=1S/C16H20O4/c1-2-14(17)8-9-15(18)10-11-16(19)20-12-13-6-4-3-5-7-13/h3-7,10-11,15,18H,2,8-9,12H2,1H3/b11-10+. The summed E-state index contributed by atoms with van der Waals surface area (Å²) in [4.78, 5) is 22.5. The van der Waals surface area contributed by atoms with E-state index in [2.05, 4.69) is 0 Å². The number of ketones is 1. The zero-order valence-electron chi connectivity index (χ0n) is 11.6. The van der Waals surface area contributed by atoms with Crippen molar-refractivity contribution in [1.29, 1.82) is 0 Å². The van der Waals surface area contributed by atoms with Gasteiger partial charge in [-0.05, 0) is 18.1 Å². The topological polar surface area (TPSA) is 63.6 Å². The van der Waals surface area contributed by atoms with Gasteiger partial charge in [0.1, 0.15) is 12.4 Å². The molecule has 0 aliphatic rings. The Bertz CT molecular complexity index is 451. The maximum absolute atomic E-state index is 11.4. The van der Waals surface area contributed by atoms with Crippen molar-refractivity contribution in [1.82, 2.24) is 0 Å². The van der Waals surface area contributed by atoms with Gasteiger partial charge in [0, 0.05) is 18.9 Å². The van der Waals surface area contributed by atoms with Crippen LogP contribution in [0.1, 0.15) is 31.7 Å². The minimum atomic E-state index is -0.797. The lowest BCUT2D eigenvalue weighted by molar-refractivity contribution is -0.139. The van der Waals surface area contributed by atoms with Crippen LogP contribution in [0, 0.1) is 0 Å². The normalized spacial score (nSPS) is 12.3. The van der Waals surface area contributed by atoms with Gasteiger partial charge in [0.2, 0.25) is 0 Å². The molecule has 4 heteroatoms. The minimum Gasteiger partial charge on any atom is -0.458 e. The summed E-state index contributed by atoms with van der Waals surface area (Å²) in [5, 5.41) is 9.58. The van der Waals surface area contributed by atoms with E-state index in [-0.39, 0.29) is 12.4 Å². The molecule has 20 heavy (non-hydrogen) atoms. The number of Topliss-reactive ketones (excluding diaryl/α,β-unsaturated/α-hetero) is 1. The highest BCUT2D eigenvalue weighted by atomic mass is 16.5. The van der Waals surface area contributed by atoms with Gasteiger partial charge in [-0.2, -0.15) is 0 Å². The first-order valence-electron chi connectivity index (χ1n) is 6.70. The fraction of sp³-hybridized carbons (Fsp3) is 0.375. The number of carbonyl (C=O) groups excluding carboxylic acids is 2. The number of hydrogen-bond acceptors (Lipinski definition) is 4. The second-order valence-corrected chi connectivity index (χ2v) is 4.45. The summed E-state index contributed by atoms with van der Waals surface area (Å²) < 4.78 is 5.02. The van der Waals surface area contributed by atoms with E-state index in [0.29, 0.717) is 19.3 Å². The lowest BCUT2D eigenvalue weighted by atomic mass is 10.1. The zero-order chi connectivity index (χ0) is 14.8. The van der Waals surface area contributed by atoms with Crippen LogP contribution < -0.4 is 0 Å². The summed E-state index contributed by atoms with van der Waals surface area (Å²) in [6.45, 7) is 1.99. The molecule has 1 rings (SSSR count). The predicted octanol–water partition coefficient (Wildman–Crippen LogP) is 2.41. The number of aliphatic hydroxyl groups excluding tert-OH is 1. The second-order valence-electron chi connectivity index (χ2n) is 4.45. The van der Waals surface area contributed by atoms with Crippen LogP contribution in [0.2, 0.25) is 0 Å². The maximum atomic E-state index is 11.4. The second kappa shape index (κ2) is 9.04. The molecule has 0 aliphatic heterocycles. The molecule has 0 fully saturated rings. The Hall–Kier alpha value is -1.94. The lowest BCUT2D eigenvalue weighted by Gasteiger charge is -2.04. The number of aliphatic hydroxyl groups is 1. The molecule has 0 radical (unpaired) electrons. The number of ether oxygens (including phenoxy) is 1. The Morgan fingerprint density at radius 3 is 2.65 bits per heavy atom. The SMILES string of the molecule is CCC(=O)CCC(O)/C=C/C(=O)OCc1ccccc1. The van der Waals surface area contributed by atoms with Crippen molar-refractivity contribution < 1.29 is 19.4 Å². The molecule has 0 bridgehead atoms. The number of rotatable bonds is 8. The number of esters is 1. The lowest BCUT2D eigenvalue weighted by Crippen LogP contribution is -2.08. The van der Waals surface area contributed by atoms with E-state index in [4.69, 9.17) is 4.74 Å². The van der Waals surface area contributed by atoms with Crippen LogP contribution in [0.4, 0.5) is 0 Å². The van der Waals surface area contributed by atoms with Gasteiger partial charge < -0.3 is 9.84 Å². The average Bonchev–Trinajstić information content (AvgIpc) is 2.49. The minimum absolute atomic E-state index is 0.101. The summed E-state index contributed by atoms with van der Waals surface area (Å²) in [6.07, 6.45) is 2.88. The van der Waals surface area contributed by atoms with E-state index < -0.39 is 12.1 Å². The fourth-order valence-electron chi connectivity index (χ4n) is 1.55. The quantitative estimate of drug-likeness (QED) is 0.585. The van der Waals surface area contributed by atoms with Gasteiger partial charge in [0.05, 0.1) is 6.10 Å². The molecule has 0 heterocycles. The van der Waals surface area contributed by atoms with Crippen molar-refractivity contribution in [2.24, 2.45) is 0 Å². The Balaban J connectivity index is 2.27. The predicted molar refractivity (Wildman–Crippen MR) is 75.9 cm³/mol. The third-order valence-corrected chi connectivity index (χ3v) is 2.79. The fourth-order valence-corrected chi connectivity index (χ4v) is 1.55. The van der Waals surface area contributed by atoms with Crippen LogP contribution in [0.5, 0.6) is 0 Å². The average molecular weight is 276 g/mol.